The first-order valence-corrected chi connectivity index (χ1v) is 6.68. The number of hydrogen-bond acceptors (Lipinski definition) is 1. The zero-order valence-corrected chi connectivity index (χ0v) is 12.2. The fraction of sp³-hybridized carbons (Fsp3) is 0.200. The van der Waals surface area contributed by atoms with Gasteiger partial charge in [-0.05, 0) is 36.2 Å². The van der Waals surface area contributed by atoms with Crippen molar-refractivity contribution in [3.63, 3.8) is 0 Å². The SMILES string of the molecule is COc1ccc(C(Br)c2ccc(F)cc2F)c(C)c1. The van der Waals surface area contributed by atoms with Crippen LogP contribution in [0.25, 0.3) is 0 Å². The molecule has 1 atom stereocenters. The minimum absolute atomic E-state index is 0.320. The summed E-state index contributed by atoms with van der Waals surface area (Å²) >= 11 is 3.46. The highest BCUT2D eigenvalue weighted by molar-refractivity contribution is 9.09. The highest BCUT2D eigenvalue weighted by atomic mass is 79.9. The predicted molar refractivity (Wildman–Crippen MR) is 74.9 cm³/mol. The number of rotatable bonds is 3. The predicted octanol–water partition coefficient (Wildman–Crippen LogP) is 4.77. The van der Waals surface area contributed by atoms with Crippen LogP contribution >= 0.6 is 15.9 Å². The number of hydrogen-bond donors (Lipinski definition) is 0. The van der Waals surface area contributed by atoms with Crippen molar-refractivity contribution in [2.45, 2.75) is 11.8 Å². The van der Waals surface area contributed by atoms with E-state index in [4.69, 9.17) is 4.74 Å². The molecule has 0 amide bonds. The van der Waals surface area contributed by atoms with Crippen LogP contribution in [-0.4, -0.2) is 7.11 Å². The zero-order chi connectivity index (χ0) is 14.0. The molecule has 2 aromatic rings. The zero-order valence-electron chi connectivity index (χ0n) is 10.6. The van der Waals surface area contributed by atoms with Gasteiger partial charge >= 0.3 is 0 Å². The van der Waals surface area contributed by atoms with Gasteiger partial charge in [0.15, 0.2) is 0 Å². The molecule has 1 nitrogen and oxygen atoms in total. The topological polar surface area (TPSA) is 9.23 Å². The molecule has 2 aromatic carbocycles. The number of methoxy groups -OCH3 is 1. The molecule has 0 saturated heterocycles. The lowest BCUT2D eigenvalue weighted by Crippen LogP contribution is -2.00. The molecular formula is C15H13BrF2O. The second-order valence-electron chi connectivity index (χ2n) is 4.25. The fourth-order valence-electron chi connectivity index (χ4n) is 1.93. The Bertz CT molecular complexity index is 599. The van der Waals surface area contributed by atoms with Crippen molar-refractivity contribution in [1.29, 1.82) is 0 Å². The molecule has 0 saturated carbocycles. The average Bonchev–Trinajstić information content (AvgIpc) is 2.37. The lowest BCUT2D eigenvalue weighted by Gasteiger charge is -2.15. The van der Waals surface area contributed by atoms with Gasteiger partial charge in [-0.25, -0.2) is 8.78 Å². The van der Waals surface area contributed by atoms with Gasteiger partial charge in [-0.15, -0.1) is 0 Å². The Hall–Kier alpha value is -1.42. The Balaban J connectivity index is 2.41. The molecule has 0 aliphatic rings. The van der Waals surface area contributed by atoms with E-state index in [9.17, 15) is 8.78 Å². The standard InChI is InChI=1S/C15H13BrF2O/c1-9-7-11(19-2)4-6-12(9)15(16)13-5-3-10(17)8-14(13)18/h3-8,15H,1-2H3. The molecule has 0 radical (unpaired) electrons. The van der Waals surface area contributed by atoms with Crippen molar-refractivity contribution < 1.29 is 13.5 Å². The molecule has 0 aliphatic heterocycles. The summed E-state index contributed by atoms with van der Waals surface area (Å²) in [6.45, 7) is 1.92. The maximum atomic E-state index is 13.8. The smallest absolute Gasteiger partial charge is 0.130 e. The summed E-state index contributed by atoms with van der Waals surface area (Å²) in [6.07, 6.45) is 0. The van der Waals surface area contributed by atoms with E-state index in [-0.39, 0.29) is 4.83 Å². The molecule has 4 heteroatoms. The average molecular weight is 327 g/mol. The molecule has 0 spiro atoms. The summed E-state index contributed by atoms with van der Waals surface area (Å²) in [6, 6.07) is 9.17. The Morgan fingerprint density at radius 1 is 1.05 bits per heavy atom. The number of benzene rings is 2. The van der Waals surface area contributed by atoms with Gasteiger partial charge in [-0.3, -0.25) is 0 Å². The van der Waals surface area contributed by atoms with E-state index < -0.39 is 11.6 Å². The third-order valence-electron chi connectivity index (χ3n) is 2.99. The van der Waals surface area contributed by atoms with Crippen molar-refractivity contribution in [1.82, 2.24) is 0 Å². The van der Waals surface area contributed by atoms with E-state index in [0.717, 1.165) is 22.9 Å². The fourth-order valence-corrected chi connectivity index (χ4v) is 2.82. The largest absolute Gasteiger partial charge is 0.497 e. The van der Waals surface area contributed by atoms with Crippen LogP contribution in [-0.2, 0) is 0 Å². The maximum Gasteiger partial charge on any atom is 0.130 e. The van der Waals surface area contributed by atoms with Crippen LogP contribution in [0, 0.1) is 18.6 Å². The van der Waals surface area contributed by atoms with E-state index in [1.54, 1.807) is 7.11 Å². The molecule has 0 N–H and O–H groups in total. The molecule has 2 rings (SSSR count). The second kappa shape index (κ2) is 5.70. The Morgan fingerprint density at radius 3 is 2.32 bits per heavy atom. The van der Waals surface area contributed by atoms with Crippen LogP contribution in [0.5, 0.6) is 5.75 Å². The van der Waals surface area contributed by atoms with Crippen molar-refractivity contribution in [2.75, 3.05) is 7.11 Å². The van der Waals surface area contributed by atoms with Gasteiger partial charge in [-0.2, -0.15) is 0 Å². The number of halogens is 3. The van der Waals surface area contributed by atoms with E-state index in [2.05, 4.69) is 15.9 Å². The molecule has 100 valence electrons. The monoisotopic (exact) mass is 326 g/mol. The summed E-state index contributed by atoms with van der Waals surface area (Å²) in [4.78, 5) is -0.320. The summed E-state index contributed by atoms with van der Waals surface area (Å²) in [7, 11) is 1.60. The van der Waals surface area contributed by atoms with Gasteiger partial charge in [0.05, 0.1) is 11.9 Å². The quantitative estimate of drug-likeness (QED) is 0.738. The minimum Gasteiger partial charge on any atom is -0.497 e. The first-order valence-electron chi connectivity index (χ1n) is 5.76. The number of ether oxygens (including phenoxy) is 1. The molecular weight excluding hydrogens is 314 g/mol. The van der Waals surface area contributed by atoms with E-state index >= 15 is 0 Å². The Labute approximate surface area is 119 Å². The molecule has 0 aliphatic carbocycles. The Morgan fingerprint density at radius 2 is 1.74 bits per heavy atom. The lowest BCUT2D eigenvalue weighted by molar-refractivity contribution is 0.414. The lowest BCUT2D eigenvalue weighted by atomic mass is 10.00. The molecule has 1 unspecified atom stereocenters. The second-order valence-corrected chi connectivity index (χ2v) is 5.17. The maximum absolute atomic E-state index is 13.8. The van der Waals surface area contributed by atoms with Crippen LogP contribution in [0.1, 0.15) is 21.5 Å². The summed E-state index contributed by atoms with van der Waals surface area (Å²) in [5.41, 5.74) is 2.31. The summed E-state index contributed by atoms with van der Waals surface area (Å²) in [5.74, 6) is -0.384. The first-order chi connectivity index (χ1) is 9.02. The van der Waals surface area contributed by atoms with Crippen LogP contribution in [0.15, 0.2) is 36.4 Å². The normalized spacial score (nSPS) is 12.3. The molecule has 0 fully saturated rings. The first kappa shape index (κ1) is 14.0. The third kappa shape index (κ3) is 2.95. The van der Waals surface area contributed by atoms with E-state index in [0.29, 0.717) is 5.56 Å². The van der Waals surface area contributed by atoms with Crippen molar-refractivity contribution in [3.05, 3.63) is 64.7 Å². The van der Waals surface area contributed by atoms with Crippen molar-refractivity contribution in [2.24, 2.45) is 0 Å². The molecule has 0 aromatic heterocycles. The van der Waals surface area contributed by atoms with E-state index in [1.807, 2.05) is 25.1 Å². The summed E-state index contributed by atoms with van der Waals surface area (Å²) < 4.78 is 31.8. The van der Waals surface area contributed by atoms with Gasteiger partial charge in [0.25, 0.3) is 0 Å². The molecule has 0 bridgehead atoms. The van der Waals surface area contributed by atoms with Gasteiger partial charge in [0, 0.05) is 11.6 Å². The number of alkyl halides is 1. The van der Waals surface area contributed by atoms with Crippen molar-refractivity contribution >= 4 is 15.9 Å². The summed E-state index contributed by atoms with van der Waals surface area (Å²) in [5, 5.41) is 0. The molecule has 0 heterocycles. The third-order valence-corrected chi connectivity index (χ3v) is 3.97. The van der Waals surface area contributed by atoms with Gasteiger partial charge in [0.2, 0.25) is 0 Å². The molecule has 19 heavy (non-hydrogen) atoms. The van der Waals surface area contributed by atoms with Crippen LogP contribution in [0.3, 0.4) is 0 Å². The highest BCUT2D eigenvalue weighted by Gasteiger charge is 2.17. The van der Waals surface area contributed by atoms with Crippen LogP contribution in [0.4, 0.5) is 8.78 Å². The highest BCUT2D eigenvalue weighted by Crippen LogP contribution is 2.35. The van der Waals surface area contributed by atoms with Gasteiger partial charge < -0.3 is 4.74 Å². The Kier molecular flexibility index (Phi) is 4.20. The van der Waals surface area contributed by atoms with Crippen LogP contribution in [0.2, 0.25) is 0 Å². The minimum atomic E-state index is -0.576. The van der Waals surface area contributed by atoms with Gasteiger partial charge in [0.1, 0.15) is 17.4 Å². The van der Waals surface area contributed by atoms with E-state index in [1.165, 1.54) is 12.1 Å². The van der Waals surface area contributed by atoms with Gasteiger partial charge in [-0.1, -0.05) is 28.1 Å². The number of aryl methyl sites for hydroxylation is 1. The van der Waals surface area contributed by atoms with Crippen LogP contribution < -0.4 is 4.74 Å². The van der Waals surface area contributed by atoms with Crippen molar-refractivity contribution in [3.8, 4) is 5.75 Å².